The van der Waals surface area contributed by atoms with Gasteiger partial charge in [0.15, 0.2) is 5.84 Å². The second-order valence-corrected chi connectivity index (χ2v) is 3.01. The quantitative estimate of drug-likeness (QED) is 0.248. The van der Waals surface area contributed by atoms with Gasteiger partial charge in [-0.3, -0.25) is 0 Å². The number of methoxy groups -OCH3 is 1. The Morgan fingerprint density at radius 3 is 2.73 bits per heavy atom. The number of esters is 1. The molecule has 15 heavy (non-hydrogen) atoms. The summed E-state index contributed by atoms with van der Waals surface area (Å²) in [4.78, 5) is 11.3. The van der Waals surface area contributed by atoms with E-state index in [1.807, 2.05) is 0 Å². The molecule has 5 nitrogen and oxygen atoms in total. The number of hydrogen-bond acceptors (Lipinski definition) is 4. The standard InChI is InChI=1S/C10H12N2O3/c1-6-3-4-7(9(11)12-14)5-8(6)10(13)15-2/h3-5,14H,1-2H3,(H2,11,12). The van der Waals surface area contributed by atoms with Crippen molar-refractivity contribution in [2.75, 3.05) is 7.11 Å². The summed E-state index contributed by atoms with van der Waals surface area (Å²) in [6, 6.07) is 4.90. The molecule has 0 aromatic heterocycles. The molecule has 80 valence electrons. The molecule has 3 N–H and O–H groups in total. The number of nitrogens with two attached hydrogens (primary N) is 1. The number of ether oxygens (including phenoxy) is 1. The van der Waals surface area contributed by atoms with E-state index in [9.17, 15) is 4.79 Å². The summed E-state index contributed by atoms with van der Waals surface area (Å²) in [5.41, 5.74) is 7.06. The van der Waals surface area contributed by atoms with Crippen molar-refractivity contribution in [3.05, 3.63) is 34.9 Å². The van der Waals surface area contributed by atoms with Crippen LogP contribution in [0.3, 0.4) is 0 Å². The first-order valence-electron chi connectivity index (χ1n) is 4.27. The lowest BCUT2D eigenvalue weighted by Gasteiger charge is -2.05. The zero-order valence-corrected chi connectivity index (χ0v) is 8.52. The largest absolute Gasteiger partial charge is 0.465 e. The summed E-state index contributed by atoms with van der Waals surface area (Å²) >= 11 is 0. The summed E-state index contributed by atoms with van der Waals surface area (Å²) in [5, 5.41) is 11.3. The van der Waals surface area contributed by atoms with E-state index in [2.05, 4.69) is 9.89 Å². The molecule has 0 fully saturated rings. The fourth-order valence-corrected chi connectivity index (χ4v) is 1.17. The molecule has 1 rings (SSSR count). The van der Waals surface area contributed by atoms with Crippen LogP contribution in [-0.2, 0) is 4.74 Å². The highest BCUT2D eigenvalue weighted by molar-refractivity contribution is 6.00. The Morgan fingerprint density at radius 1 is 1.53 bits per heavy atom. The minimum Gasteiger partial charge on any atom is -0.465 e. The van der Waals surface area contributed by atoms with Crippen LogP contribution in [0.5, 0.6) is 0 Å². The van der Waals surface area contributed by atoms with Crippen LogP contribution in [0.15, 0.2) is 23.4 Å². The Balaban J connectivity index is 3.22. The first-order chi connectivity index (χ1) is 7.10. The number of hydrogen-bond donors (Lipinski definition) is 2. The summed E-state index contributed by atoms with van der Waals surface area (Å²) in [6.45, 7) is 1.78. The summed E-state index contributed by atoms with van der Waals surface area (Å²) in [7, 11) is 1.30. The first-order valence-corrected chi connectivity index (χ1v) is 4.27. The fourth-order valence-electron chi connectivity index (χ4n) is 1.17. The van der Waals surface area contributed by atoms with Crippen molar-refractivity contribution < 1.29 is 14.7 Å². The van der Waals surface area contributed by atoms with Crippen LogP contribution in [0.2, 0.25) is 0 Å². The van der Waals surface area contributed by atoms with Gasteiger partial charge in [-0.25, -0.2) is 4.79 Å². The average Bonchev–Trinajstić information content (AvgIpc) is 2.27. The zero-order chi connectivity index (χ0) is 11.4. The molecule has 0 aliphatic carbocycles. The third-order valence-electron chi connectivity index (χ3n) is 2.05. The van der Waals surface area contributed by atoms with E-state index in [0.29, 0.717) is 11.1 Å². The maximum Gasteiger partial charge on any atom is 0.338 e. The predicted octanol–water partition coefficient (Wildman–Crippen LogP) is 0.876. The Labute approximate surface area is 87.1 Å². The molecule has 0 radical (unpaired) electrons. The summed E-state index contributed by atoms with van der Waals surface area (Å²) < 4.78 is 4.60. The molecule has 0 unspecified atom stereocenters. The lowest BCUT2D eigenvalue weighted by molar-refractivity contribution is 0.0600. The molecule has 0 spiro atoms. The normalized spacial score (nSPS) is 11.2. The van der Waals surface area contributed by atoms with Crippen LogP contribution in [0.1, 0.15) is 21.5 Å². The second kappa shape index (κ2) is 4.45. The summed E-state index contributed by atoms with van der Waals surface area (Å²) in [5.74, 6) is -0.486. The third kappa shape index (κ3) is 2.25. The smallest absolute Gasteiger partial charge is 0.338 e. The fraction of sp³-hybridized carbons (Fsp3) is 0.200. The number of aryl methyl sites for hydroxylation is 1. The second-order valence-electron chi connectivity index (χ2n) is 3.01. The number of oxime groups is 1. The van der Waals surface area contributed by atoms with Crippen LogP contribution in [0, 0.1) is 6.92 Å². The van der Waals surface area contributed by atoms with Crippen molar-refractivity contribution in [2.24, 2.45) is 10.9 Å². The molecule has 0 amide bonds. The molecule has 0 aliphatic rings. The molecule has 0 atom stereocenters. The number of carbonyl (C=O) groups excluding carboxylic acids is 1. The van der Waals surface area contributed by atoms with E-state index in [1.54, 1.807) is 19.1 Å². The third-order valence-corrected chi connectivity index (χ3v) is 2.05. The Kier molecular flexibility index (Phi) is 3.28. The van der Waals surface area contributed by atoms with E-state index in [1.165, 1.54) is 13.2 Å². The Bertz CT molecular complexity index is 413. The van der Waals surface area contributed by atoms with Gasteiger partial charge in [-0.1, -0.05) is 17.3 Å². The van der Waals surface area contributed by atoms with E-state index >= 15 is 0 Å². The van der Waals surface area contributed by atoms with Crippen molar-refractivity contribution in [3.63, 3.8) is 0 Å². The maximum absolute atomic E-state index is 11.3. The van der Waals surface area contributed by atoms with Crippen LogP contribution in [0.25, 0.3) is 0 Å². The van der Waals surface area contributed by atoms with Gasteiger partial charge < -0.3 is 15.7 Å². The van der Waals surface area contributed by atoms with Crippen LogP contribution in [-0.4, -0.2) is 24.1 Å². The van der Waals surface area contributed by atoms with Gasteiger partial charge in [0.1, 0.15) is 0 Å². The van der Waals surface area contributed by atoms with Gasteiger partial charge in [-0.2, -0.15) is 0 Å². The van der Waals surface area contributed by atoms with Crippen molar-refractivity contribution in [3.8, 4) is 0 Å². The van der Waals surface area contributed by atoms with Gasteiger partial charge in [-0.15, -0.1) is 0 Å². The minimum atomic E-state index is -0.444. The Morgan fingerprint density at radius 2 is 2.20 bits per heavy atom. The van der Waals surface area contributed by atoms with Gasteiger partial charge in [0.2, 0.25) is 0 Å². The minimum absolute atomic E-state index is 0.0415. The topological polar surface area (TPSA) is 84.9 Å². The van der Waals surface area contributed by atoms with E-state index in [4.69, 9.17) is 10.9 Å². The monoisotopic (exact) mass is 208 g/mol. The molecule has 0 heterocycles. The zero-order valence-electron chi connectivity index (χ0n) is 8.52. The highest BCUT2D eigenvalue weighted by Gasteiger charge is 2.11. The van der Waals surface area contributed by atoms with E-state index in [-0.39, 0.29) is 5.84 Å². The number of rotatable bonds is 2. The van der Waals surface area contributed by atoms with Crippen molar-refractivity contribution >= 4 is 11.8 Å². The molecular weight excluding hydrogens is 196 g/mol. The molecule has 0 saturated carbocycles. The van der Waals surface area contributed by atoms with Crippen LogP contribution < -0.4 is 5.73 Å². The molecule has 0 bridgehead atoms. The number of nitrogens with zero attached hydrogens (tertiary/aromatic N) is 1. The van der Waals surface area contributed by atoms with Crippen molar-refractivity contribution in [1.29, 1.82) is 0 Å². The number of benzene rings is 1. The SMILES string of the molecule is COC(=O)c1cc(/C(N)=N\O)ccc1C. The average molecular weight is 208 g/mol. The lowest BCUT2D eigenvalue weighted by Crippen LogP contribution is -2.14. The lowest BCUT2D eigenvalue weighted by atomic mass is 10.0. The Hall–Kier alpha value is -2.04. The molecule has 1 aromatic carbocycles. The molecular formula is C10H12N2O3. The van der Waals surface area contributed by atoms with Gasteiger partial charge in [0, 0.05) is 5.56 Å². The number of carbonyl (C=O) groups is 1. The van der Waals surface area contributed by atoms with Gasteiger partial charge in [-0.05, 0) is 18.6 Å². The number of amidine groups is 1. The maximum atomic E-state index is 11.3. The molecule has 0 aliphatic heterocycles. The molecule has 1 aromatic rings. The summed E-state index contributed by atoms with van der Waals surface area (Å²) in [6.07, 6.45) is 0. The predicted molar refractivity (Wildman–Crippen MR) is 55.0 cm³/mol. The molecule has 0 saturated heterocycles. The van der Waals surface area contributed by atoms with Gasteiger partial charge in [0.25, 0.3) is 0 Å². The van der Waals surface area contributed by atoms with Gasteiger partial charge in [0.05, 0.1) is 12.7 Å². The van der Waals surface area contributed by atoms with Crippen LogP contribution in [0.4, 0.5) is 0 Å². The highest BCUT2D eigenvalue weighted by Crippen LogP contribution is 2.12. The van der Waals surface area contributed by atoms with Gasteiger partial charge >= 0.3 is 5.97 Å². The van der Waals surface area contributed by atoms with Crippen molar-refractivity contribution in [1.82, 2.24) is 0 Å². The van der Waals surface area contributed by atoms with Crippen molar-refractivity contribution in [2.45, 2.75) is 6.92 Å². The highest BCUT2D eigenvalue weighted by atomic mass is 16.5. The van der Waals surface area contributed by atoms with E-state index < -0.39 is 5.97 Å². The van der Waals surface area contributed by atoms with E-state index in [0.717, 1.165) is 5.56 Å². The first kappa shape index (κ1) is 11.0. The van der Waals surface area contributed by atoms with Crippen LogP contribution >= 0.6 is 0 Å². The molecule has 5 heteroatoms.